The summed E-state index contributed by atoms with van der Waals surface area (Å²) in [5.74, 6) is 0.152. The van der Waals surface area contributed by atoms with Crippen molar-refractivity contribution in [2.75, 3.05) is 26.2 Å². The van der Waals surface area contributed by atoms with E-state index in [1.54, 1.807) is 0 Å². The number of carbonyl (C=O) groups excluding carboxylic acids is 2. The molecule has 1 atom stereocenters. The third-order valence-electron chi connectivity index (χ3n) is 7.33. The Bertz CT molecular complexity index is 1110. The maximum atomic E-state index is 12.7. The van der Waals surface area contributed by atoms with Gasteiger partial charge in [-0.15, -0.1) is 0 Å². The standard InChI is InChI=1S/C30H45N3O5/c1-29(2,3)36-26(34)20-32-17-14-22(15-18-32)27-24-13-11-21(19-25(24)38-31-27)10-12-23-9-7-8-16-33(23)28(35)37-30(4,5)6/h11,13,19,22-23H,7-10,12,14-18,20H2,1-6H3. The molecule has 2 saturated heterocycles. The van der Waals surface area contributed by atoms with Crippen molar-refractivity contribution in [3.63, 3.8) is 0 Å². The fourth-order valence-corrected chi connectivity index (χ4v) is 5.57. The van der Waals surface area contributed by atoms with Crippen molar-refractivity contribution >= 4 is 23.0 Å². The van der Waals surface area contributed by atoms with Crippen LogP contribution < -0.4 is 0 Å². The molecule has 2 aromatic rings. The summed E-state index contributed by atoms with van der Waals surface area (Å²) >= 11 is 0. The molecule has 3 heterocycles. The molecular weight excluding hydrogens is 482 g/mol. The zero-order chi connectivity index (χ0) is 27.5. The van der Waals surface area contributed by atoms with E-state index < -0.39 is 11.2 Å². The molecule has 8 heteroatoms. The largest absolute Gasteiger partial charge is 0.459 e. The lowest BCUT2D eigenvalue weighted by molar-refractivity contribution is -0.156. The highest BCUT2D eigenvalue weighted by molar-refractivity contribution is 5.80. The Kier molecular flexibility index (Phi) is 8.70. The topological polar surface area (TPSA) is 85.1 Å². The van der Waals surface area contributed by atoms with Gasteiger partial charge in [-0.2, -0.15) is 0 Å². The van der Waals surface area contributed by atoms with Gasteiger partial charge < -0.3 is 18.9 Å². The molecule has 1 aromatic carbocycles. The summed E-state index contributed by atoms with van der Waals surface area (Å²) < 4.78 is 16.9. The number of rotatable bonds is 6. The predicted molar refractivity (Wildman–Crippen MR) is 147 cm³/mol. The van der Waals surface area contributed by atoms with Crippen molar-refractivity contribution in [3.05, 3.63) is 29.5 Å². The summed E-state index contributed by atoms with van der Waals surface area (Å²) in [7, 11) is 0. The summed E-state index contributed by atoms with van der Waals surface area (Å²) in [6.07, 6.45) is 6.65. The molecule has 1 aromatic heterocycles. The first-order valence-electron chi connectivity index (χ1n) is 14.2. The van der Waals surface area contributed by atoms with E-state index in [0.717, 1.165) is 81.2 Å². The number of likely N-dealkylation sites (tertiary alicyclic amines) is 2. The van der Waals surface area contributed by atoms with E-state index in [9.17, 15) is 9.59 Å². The Hall–Kier alpha value is -2.61. The molecule has 1 amide bonds. The van der Waals surface area contributed by atoms with Crippen molar-refractivity contribution in [3.8, 4) is 0 Å². The van der Waals surface area contributed by atoms with Crippen LogP contribution in [0.25, 0.3) is 11.0 Å². The molecule has 0 aliphatic carbocycles. The third-order valence-corrected chi connectivity index (χ3v) is 7.33. The van der Waals surface area contributed by atoms with Gasteiger partial charge in [-0.1, -0.05) is 11.2 Å². The quantitative estimate of drug-likeness (QED) is 0.421. The summed E-state index contributed by atoms with van der Waals surface area (Å²) in [4.78, 5) is 29.0. The van der Waals surface area contributed by atoms with E-state index in [4.69, 9.17) is 14.0 Å². The second-order valence-corrected chi connectivity index (χ2v) is 12.9. The first-order valence-corrected chi connectivity index (χ1v) is 14.2. The zero-order valence-electron chi connectivity index (χ0n) is 24.0. The van der Waals surface area contributed by atoms with Gasteiger partial charge in [-0.25, -0.2) is 4.79 Å². The molecule has 2 fully saturated rings. The fraction of sp³-hybridized carbons (Fsp3) is 0.700. The highest BCUT2D eigenvalue weighted by Gasteiger charge is 2.31. The number of piperidine rings is 2. The zero-order valence-corrected chi connectivity index (χ0v) is 24.0. The SMILES string of the molecule is CC(C)(C)OC(=O)CN1CCC(c2noc3cc(CCC4CCCCN4C(=O)OC(C)(C)C)ccc23)CC1. The van der Waals surface area contributed by atoms with E-state index in [1.165, 1.54) is 5.56 Å². The van der Waals surface area contributed by atoms with Crippen LogP contribution in [0.1, 0.15) is 97.2 Å². The van der Waals surface area contributed by atoms with Gasteiger partial charge in [0.05, 0.1) is 12.2 Å². The lowest BCUT2D eigenvalue weighted by Crippen LogP contribution is -2.46. The number of aromatic nitrogens is 1. The lowest BCUT2D eigenvalue weighted by Gasteiger charge is -2.37. The van der Waals surface area contributed by atoms with Crippen molar-refractivity contribution in [2.24, 2.45) is 0 Å². The minimum absolute atomic E-state index is 0.169. The van der Waals surface area contributed by atoms with Gasteiger partial charge in [0.2, 0.25) is 0 Å². The number of carbonyl (C=O) groups is 2. The van der Waals surface area contributed by atoms with Crippen LogP contribution in [0.15, 0.2) is 22.7 Å². The minimum Gasteiger partial charge on any atom is -0.459 e. The number of ether oxygens (including phenoxy) is 2. The van der Waals surface area contributed by atoms with Gasteiger partial charge in [0.1, 0.15) is 11.2 Å². The Labute approximate surface area is 227 Å². The smallest absolute Gasteiger partial charge is 0.410 e. The number of hydrogen-bond donors (Lipinski definition) is 0. The van der Waals surface area contributed by atoms with Gasteiger partial charge in [-0.05, 0) is 117 Å². The number of esters is 1. The maximum Gasteiger partial charge on any atom is 0.410 e. The number of benzene rings is 1. The number of nitrogens with zero attached hydrogens (tertiary/aromatic N) is 3. The summed E-state index contributed by atoms with van der Waals surface area (Å²) in [6.45, 7) is 14.2. The summed E-state index contributed by atoms with van der Waals surface area (Å²) in [5.41, 5.74) is 2.10. The second-order valence-electron chi connectivity index (χ2n) is 12.9. The highest BCUT2D eigenvalue weighted by atomic mass is 16.6. The van der Waals surface area contributed by atoms with E-state index in [1.807, 2.05) is 46.4 Å². The molecule has 210 valence electrons. The second kappa shape index (κ2) is 11.6. The normalized spacial score (nSPS) is 20.1. The molecule has 2 aliphatic heterocycles. The lowest BCUT2D eigenvalue weighted by atomic mass is 9.91. The van der Waals surface area contributed by atoms with E-state index in [2.05, 4.69) is 28.3 Å². The molecular formula is C30H45N3O5. The molecule has 0 bridgehead atoms. The molecule has 0 saturated carbocycles. The van der Waals surface area contributed by atoms with Crippen molar-refractivity contribution in [2.45, 2.75) is 110 Å². The molecule has 4 rings (SSSR count). The Morgan fingerprint density at radius 2 is 1.68 bits per heavy atom. The third kappa shape index (κ3) is 7.71. The minimum atomic E-state index is -0.483. The molecule has 2 aliphatic rings. The average Bonchev–Trinajstić information content (AvgIpc) is 3.24. The summed E-state index contributed by atoms with van der Waals surface area (Å²) in [5, 5.41) is 5.54. The van der Waals surface area contributed by atoms with E-state index in [-0.39, 0.29) is 18.1 Å². The molecule has 8 nitrogen and oxygen atoms in total. The van der Waals surface area contributed by atoms with Crippen LogP contribution in [0.2, 0.25) is 0 Å². The van der Waals surface area contributed by atoms with Crippen molar-refractivity contribution in [1.29, 1.82) is 0 Å². The van der Waals surface area contributed by atoms with Crippen LogP contribution in [0.4, 0.5) is 4.79 Å². The number of amides is 1. The predicted octanol–water partition coefficient (Wildman–Crippen LogP) is 6.07. The maximum absolute atomic E-state index is 12.7. The molecule has 0 spiro atoms. The van der Waals surface area contributed by atoms with Gasteiger partial charge in [-0.3, -0.25) is 9.69 Å². The first-order chi connectivity index (χ1) is 17.9. The molecule has 0 N–H and O–H groups in total. The van der Waals surface area contributed by atoms with E-state index in [0.29, 0.717) is 12.5 Å². The van der Waals surface area contributed by atoms with Crippen LogP contribution in [-0.4, -0.2) is 70.4 Å². The fourth-order valence-electron chi connectivity index (χ4n) is 5.57. The van der Waals surface area contributed by atoms with Gasteiger partial charge in [0, 0.05) is 23.9 Å². The first kappa shape index (κ1) is 28.4. The van der Waals surface area contributed by atoms with Crippen molar-refractivity contribution in [1.82, 2.24) is 15.0 Å². The molecule has 1 unspecified atom stereocenters. The summed E-state index contributed by atoms with van der Waals surface area (Å²) in [6, 6.07) is 6.60. The van der Waals surface area contributed by atoms with Crippen LogP contribution in [-0.2, 0) is 20.7 Å². The number of fused-ring (bicyclic) bond motifs is 1. The Balaban J connectivity index is 1.33. The van der Waals surface area contributed by atoms with Crippen molar-refractivity contribution < 1.29 is 23.6 Å². The van der Waals surface area contributed by atoms with Gasteiger partial charge in [0.25, 0.3) is 0 Å². The average molecular weight is 528 g/mol. The van der Waals surface area contributed by atoms with Gasteiger partial charge >= 0.3 is 12.1 Å². The number of aryl methyl sites for hydroxylation is 1. The Morgan fingerprint density at radius 3 is 2.37 bits per heavy atom. The van der Waals surface area contributed by atoms with Gasteiger partial charge in [0.15, 0.2) is 5.58 Å². The van der Waals surface area contributed by atoms with Crippen LogP contribution in [0, 0.1) is 0 Å². The monoisotopic (exact) mass is 527 g/mol. The molecule has 0 radical (unpaired) electrons. The molecule has 38 heavy (non-hydrogen) atoms. The Morgan fingerprint density at radius 1 is 0.974 bits per heavy atom. The van der Waals surface area contributed by atoms with Crippen LogP contribution in [0.3, 0.4) is 0 Å². The van der Waals surface area contributed by atoms with Crippen LogP contribution >= 0.6 is 0 Å². The van der Waals surface area contributed by atoms with E-state index >= 15 is 0 Å². The highest BCUT2D eigenvalue weighted by Crippen LogP contribution is 2.33. The number of hydrogen-bond acceptors (Lipinski definition) is 7. The van der Waals surface area contributed by atoms with Crippen LogP contribution in [0.5, 0.6) is 0 Å².